The Hall–Kier alpha value is -0.290. The number of hydrogen-bond acceptors (Lipinski definition) is 3. The van der Waals surface area contributed by atoms with Crippen LogP contribution < -0.4 is 5.73 Å². The van der Waals surface area contributed by atoms with Gasteiger partial charge in [-0.1, -0.05) is 11.6 Å². The maximum Gasteiger partial charge on any atom is 0.222 e. The number of hydrogen-bond donors (Lipinski definition) is 1. The lowest BCUT2D eigenvalue weighted by Crippen LogP contribution is -2.45. The van der Waals surface area contributed by atoms with Gasteiger partial charge in [0.05, 0.1) is 4.34 Å². The molecule has 1 atom stereocenters. The monoisotopic (exact) mass is 308 g/mol. The minimum Gasteiger partial charge on any atom is -0.341 e. The van der Waals surface area contributed by atoms with E-state index in [1.54, 1.807) is 11.3 Å². The third kappa shape index (κ3) is 4.43. The summed E-state index contributed by atoms with van der Waals surface area (Å²) in [5.41, 5.74) is 5.86. The molecule has 1 unspecified atom stereocenters. The van der Waals surface area contributed by atoms with Crippen molar-refractivity contribution in [1.29, 1.82) is 0 Å². The fourth-order valence-corrected chi connectivity index (χ4v) is 3.20. The van der Waals surface area contributed by atoms with E-state index in [4.69, 9.17) is 17.3 Å². The summed E-state index contributed by atoms with van der Waals surface area (Å²) in [6.45, 7) is 1.57. The molecule has 1 aromatic heterocycles. The Morgan fingerprint density at radius 3 is 2.94 bits per heavy atom. The lowest BCUT2D eigenvalue weighted by Gasteiger charge is -2.30. The first kappa shape index (κ1) is 15.8. The molecule has 6 heteroatoms. The fraction of sp³-hybridized carbons (Fsp3) is 0.583. The van der Waals surface area contributed by atoms with E-state index in [9.17, 15) is 4.79 Å². The smallest absolute Gasteiger partial charge is 0.222 e. The Bertz CT molecular complexity index is 397. The first-order valence-corrected chi connectivity index (χ1v) is 7.12. The number of piperidine rings is 1. The number of carbonyl (C=O) groups is 1. The Kier molecular flexibility index (Phi) is 6.43. The van der Waals surface area contributed by atoms with Crippen molar-refractivity contribution in [2.75, 3.05) is 13.1 Å². The van der Waals surface area contributed by atoms with E-state index in [1.165, 1.54) is 4.88 Å². The third-order valence-corrected chi connectivity index (χ3v) is 4.32. The summed E-state index contributed by atoms with van der Waals surface area (Å²) in [6.07, 6.45) is 3.40. The Morgan fingerprint density at radius 2 is 2.33 bits per heavy atom. The normalized spacial score (nSPS) is 19.4. The number of thiophene rings is 1. The van der Waals surface area contributed by atoms with Gasteiger partial charge in [-0.3, -0.25) is 4.79 Å². The zero-order valence-electron chi connectivity index (χ0n) is 10.1. The van der Waals surface area contributed by atoms with E-state index in [2.05, 4.69) is 0 Å². The van der Waals surface area contributed by atoms with Gasteiger partial charge in [-0.15, -0.1) is 23.7 Å². The second-order valence-corrected chi connectivity index (χ2v) is 6.25. The summed E-state index contributed by atoms with van der Waals surface area (Å²) >= 11 is 7.40. The van der Waals surface area contributed by atoms with Crippen LogP contribution in [0.5, 0.6) is 0 Å². The van der Waals surface area contributed by atoms with Crippen LogP contribution in [0.4, 0.5) is 0 Å². The molecule has 18 heavy (non-hydrogen) atoms. The molecule has 0 aliphatic carbocycles. The first-order chi connectivity index (χ1) is 8.15. The number of carbonyl (C=O) groups excluding carboxylic acids is 1. The lowest BCUT2D eigenvalue weighted by molar-refractivity contribution is -0.132. The van der Waals surface area contributed by atoms with E-state index >= 15 is 0 Å². The molecule has 1 fully saturated rings. The Labute approximate surface area is 123 Å². The number of halogens is 2. The number of nitrogens with zero attached hydrogens (tertiary/aromatic N) is 1. The Balaban J connectivity index is 0.00000162. The van der Waals surface area contributed by atoms with Crippen molar-refractivity contribution in [3.63, 3.8) is 0 Å². The van der Waals surface area contributed by atoms with Crippen molar-refractivity contribution >= 4 is 41.3 Å². The van der Waals surface area contributed by atoms with E-state index in [1.807, 2.05) is 17.0 Å². The highest BCUT2D eigenvalue weighted by atomic mass is 35.5. The zero-order valence-corrected chi connectivity index (χ0v) is 12.5. The van der Waals surface area contributed by atoms with Crippen molar-refractivity contribution in [2.45, 2.75) is 31.7 Å². The van der Waals surface area contributed by atoms with Gasteiger partial charge in [0.2, 0.25) is 5.91 Å². The van der Waals surface area contributed by atoms with Gasteiger partial charge < -0.3 is 10.6 Å². The quantitative estimate of drug-likeness (QED) is 0.933. The molecule has 102 valence electrons. The van der Waals surface area contributed by atoms with Gasteiger partial charge >= 0.3 is 0 Å². The highest BCUT2D eigenvalue weighted by Crippen LogP contribution is 2.22. The van der Waals surface area contributed by atoms with Crippen LogP contribution in [0.25, 0.3) is 0 Å². The zero-order chi connectivity index (χ0) is 12.3. The van der Waals surface area contributed by atoms with E-state index in [-0.39, 0.29) is 24.4 Å². The van der Waals surface area contributed by atoms with Crippen molar-refractivity contribution in [2.24, 2.45) is 5.73 Å². The van der Waals surface area contributed by atoms with E-state index in [0.717, 1.165) is 30.1 Å². The summed E-state index contributed by atoms with van der Waals surface area (Å²) in [5, 5.41) is 0. The average molecular weight is 309 g/mol. The standard InChI is InChI=1S/C12H17ClN2OS.ClH/c13-11-5-3-10(17-11)4-6-12(16)15-7-1-2-9(14)8-15;/h3,5,9H,1-2,4,6-8,14H2;1H. The summed E-state index contributed by atoms with van der Waals surface area (Å²) in [7, 11) is 0. The van der Waals surface area contributed by atoms with E-state index in [0.29, 0.717) is 13.0 Å². The van der Waals surface area contributed by atoms with Gasteiger partial charge in [0.15, 0.2) is 0 Å². The fourth-order valence-electron chi connectivity index (χ4n) is 2.11. The number of nitrogens with two attached hydrogens (primary N) is 1. The number of rotatable bonds is 3. The van der Waals surface area contributed by atoms with Gasteiger partial charge in [0, 0.05) is 30.4 Å². The lowest BCUT2D eigenvalue weighted by atomic mass is 10.1. The molecule has 1 saturated heterocycles. The second-order valence-electron chi connectivity index (χ2n) is 4.45. The maximum atomic E-state index is 12.0. The molecule has 0 spiro atoms. The van der Waals surface area contributed by atoms with Gasteiger partial charge in [-0.05, 0) is 31.4 Å². The molecule has 2 heterocycles. The van der Waals surface area contributed by atoms with Gasteiger partial charge in [-0.25, -0.2) is 0 Å². The van der Waals surface area contributed by atoms with Crippen molar-refractivity contribution in [3.8, 4) is 0 Å². The molecular weight excluding hydrogens is 291 g/mol. The summed E-state index contributed by atoms with van der Waals surface area (Å²) in [5.74, 6) is 0.213. The summed E-state index contributed by atoms with van der Waals surface area (Å²) in [4.78, 5) is 15.0. The molecule has 0 aromatic carbocycles. The van der Waals surface area contributed by atoms with E-state index < -0.39 is 0 Å². The third-order valence-electron chi connectivity index (χ3n) is 3.02. The predicted octanol–water partition coefficient (Wildman–Crippen LogP) is 2.71. The van der Waals surface area contributed by atoms with Gasteiger partial charge in [0.25, 0.3) is 0 Å². The van der Waals surface area contributed by atoms with Gasteiger partial charge in [-0.2, -0.15) is 0 Å². The van der Waals surface area contributed by atoms with Crippen LogP contribution >= 0.6 is 35.3 Å². The van der Waals surface area contributed by atoms with Crippen molar-refractivity contribution in [3.05, 3.63) is 21.3 Å². The van der Waals surface area contributed by atoms with Crippen LogP contribution in [0.1, 0.15) is 24.1 Å². The minimum absolute atomic E-state index is 0. The van der Waals surface area contributed by atoms with Crippen LogP contribution in [-0.4, -0.2) is 29.9 Å². The molecule has 1 amide bonds. The average Bonchev–Trinajstić information content (AvgIpc) is 2.72. The van der Waals surface area contributed by atoms with Crippen LogP contribution in [-0.2, 0) is 11.2 Å². The molecule has 2 rings (SSSR count). The highest BCUT2D eigenvalue weighted by Gasteiger charge is 2.20. The first-order valence-electron chi connectivity index (χ1n) is 5.93. The van der Waals surface area contributed by atoms with Crippen LogP contribution in [0.3, 0.4) is 0 Å². The second kappa shape index (κ2) is 7.34. The molecule has 1 aromatic rings. The predicted molar refractivity (Wildman–Crippen MR) is 78.7 cm³/mol. The number of likely N-dealkylation sites (tertiary alicyclic amines) is 1. The molecular formula is C12H18Cl2N2OS. The highest BCUT2D eigenvalue weighted by molar-refractivity contribution is 7.16. The van der Waals surface area contributed by atoms with Crippen molar-refractivity contribution in [1.82, 2.24) is 4.90 Å². The van der Waals surface area contributed by atoms with Crippen LogP contribution in [0.2, 0.25) is 4.34 Å². The van der Waals surface area contributed by atoms with Crippen molar-refractivity contribution < 1.29 is 4.79 Å². The number of amides is 1. The Morgan fingerprint density at radius 1 is 1.56 bits per heavy atom. The molecule has 3 nitrogen and oxygen atoms in total. The largest absolute Gasteiger partial charge is 0.341 e. The van der Waals surface area contributed by atoms with Crippen LogP contribution in [0, 0.1) is 0 Å². The molecule has 0 saturated carbocycles. The SMILES string of the molecule is Cl.NC1CCCN(C(=O)CCc2ccc(Cl)s2)C1. The molecule has 0 radical (unpaired) electrons. The van der Waals surface area contributed by atoms with Crippen LogP contribution in [0.15, 0.2) is 12.1 Å². The number of aryl methyl sites for hydroxylation is 1. The molecule has 1 aliphatic heterocycles. The summed E-state index contributed by atoms with van der Waals surface area (Å²) in [6, 6.07) is 4.02. The molecule has 2 N–H and O–H groups in total. The topological polar surface area (TPSA) is 46.3 Å². The minimum atomic E-state index is 0. The summed E-state index contributed by atoms with van der Waals surface area (Å²) < 4.78 is 0.785. The molecule has 1 aliphatic rings. The molecule has 0 bridgehead atoms. The maximum absolute atomic E-state index is 12.0. The van der Waals surface area contributed by atoms with Gasteiger partial charge in [0.1, 0.15) is 0 Å².